The van der Waals surface area contributed by atoms with Crippen LogP contribution in [-0.4, -0.2) is 20.4 Å². The maximum atomic E-state index is 12.2. The first-order chi connectivity index (χ1) is 11.4. The van der Waals surface area contributed by atoms with Gasteiger partial charge >= 0.3 is 0 Å². The molecule has 0 unspecified atom stereocenters. The lowest BCUT2D eigenvalue weighted by molar-refractivity contribution is 0.0938. The summed E-state index contributed by atoms with van der Waals surface area (Å²) in [6.45, 7) is 4.03. The molecule has 24 heavy (non-hydrogen) atoms. The number of nitrogens with one attached hydrogen (secondary N) is 2. The Hall–Kier alpha value is -2.34. The monoisotopic (exact) mass is 346 g/mol. The molecule has 0 fully saturated rings. The van der Waals surface area contributed by atoms with Gasteiger partial charge in [0, 0.05) is 17.3 Å². The molecule has 0 aromatic heterocycles. The Labute approximate surface area is 143 Å². The van der Waals surface area contributed by atoms with Gasteiger partial charge in [-0.1, -0.05) is 31.5 Å². The summed E-state index contributed by atoms with van der Waals surface area (Å²) >= 11 is 0. The summed E-state index contributed by atoms with van der Waals surface area (Å²) in [7, 11) is -3.62. The van der Waals surface area contributed by atoms with E-state index in [1.54, 1.807) is 42.5 Å². The van der Waals surface area contributed by atoms with Crippen LogP contribution in [0.15, 0.2) is 59.5 Å². The number of hydrogen-bond acceptors (Lipinski definition) is 3. The minimum Gasteiger partial charge on any atom is -0.350 e. The van der Waals surface area contributed by atoms with Crippen LogP contribution in [0.5, 0.6) is 0 Å². The standard InChI is InChI=1S/C18H22N2O3S/c1-3-7-14(2)19-18(21)15-10-12-16(13-11-15)20-24(22,23)17-8-5-4-6-9-17/h4-6,8-14,20H,3,7H2,1-2H3,(H,19,21)/t14-/m1/s1. The second-order valence-corrected chi connectivity index (χ2v) is 7.34. The highest BCUT2D eigenvalue weighted by molar-refractivity contribution is 7.92. The van der Waals surface area contributed by atoms with E-state index in [1.165, 1.54) is 12.1 Å². The molecular weight excluding hydrogens is 324 g/mol. The highest BCUT2D eigenvalue weighted by Gasteiger charge is 2.14. The highest BCUT2D eigenvalue weighted by atomic mass is 32.2. The minimum atomic E-state index is -3.62. The van der Waals surface area contributed by atoms with Crippen molar-refractivity contribution in [1.29, 1.82) is 0 Å². The zero-order valence-electron chi connectivity index (χ0n) is 13.8. The second kappa shape index (κ2) is 7.97. The van der Waals surface area contributed by atoms with Crippen molar-refractivity contribution in [2.24, 2.45) is 0 Å². The number of carbonyl (C=O) groups is 1. The molecule has 128 valence electrons. The number of anilines is 1. The quantitative estimate of drug-likeness (QED) is 0.807. The first kappa shape index (κ1) is 18.0. The lowest BCUT2D eigenvalue weighted by Gasteiger charge is -2.13. The van der Waals surface area contributed by atoms with Gasteiger partial charge in [-0.2, -0.15) is 0 Å². The molecule has 0 radical (unpaired) electrons. The van der Waals surface area contributed by atoms with Gasteiger partial charge in [0.1, 0.15) is 0 Å². The average Bonchev–Trinajstić information content (AvgIpc) is 2.56. The zero-order chi connectivity index (χ0) is 17.6. The molecular formula is C18H22N2O3S. The smallest absolute Gasteiger partial charge is 0.261 e. The van der Waals surface area contributed by atoms with E-state index in [4.69, 9.17) is 0 Å². The molecule has 0 heterocycles. The SMILES string of the molecule is CCC[C@@H](C)NC(=O)c1ccc(NS(=O)(=O)c2ccccc2)cc1. The minimum absolute atomic E-state index is 0.110. The van der Waals surface area contributed by atoms with Crippen LogP contribution in [0.25, 0.3) is 0 Å². The van der Waals surface area contributed by atoms with Gasteiger partial charge in [0.2, 0.25) is 0 Å². The highest BCUT2D eigenvalue weighted by Crippen LogP contribution is 2.16. The van der Waals surface area contributed by atoms with Gasteiger partial charge in [-0.3, -0.25) is 9.52 Å². The third kappa shape index (κ3) is 4.83. The summed E-state index contributed by atoms with van der Waals surface area (Å²) in [5.74, 6) is -0.159. The van der Waals surface area contributed by atoms with Crippen molar-refractivity contribution in [2.75, 3.05) is 4.72 Å². The lowest BCUT2D eigenvalue weighted by atomic mass is 10.1. The molecule has 0 bridgehead atoms. The van der Waals surface area contributed by atoms with E-state index in [0.717, 1.165) is 12.8 Å². The van der Waals surface area contributed by atoms with E-state index in [9.17, 15) is 13.2 Å². The van der Waals surface area contributed by atoms with Gasteiger partial charge in [-0.15, -0.1) is 0 Å². The molecule has 0 saturated heterocycles. The normalized spacial score (nSPS) is 12.4. The van der Waals surface area contributed by atoms with E-state index >= 15 is 0 Å². The topological polar surface area (TPSA) is 75.3 Å². The summed E-state index contributed by atoms with van der Waals surface area (Å²) < 4.78 is 27.0. The zero-order valence-corrected chi connectivity index (χ0v) is 14.6. The molecule has 1 atom stereocenters. The van der Waals surface area contributed by atoms with Crippen LogP contribution < -0.4 is 10.0 Å². The maximum Gasteiger partial charge on any atom is 0.261 e. The van der Waals surface area contributed by atoms with Crippen LogP contribution in [0.4, 0.5) is 5.69 Å². The van der Waals surface area contributed by atoms with E-state index in [0.29, 0.717) is 11.3 Å². The number of benzene rings is 2. The molecule has 2 rings (SSSR count). The van der Waals surface area contributed by atoms with Crippen LogP contribution in [-0.2, 0) is 10.0 Å². The number of carbonyl (C=O) groups excluding carboxylic acids is 1. The first-order valence-corrected chi connectivity index (χ1v) is 9.39. The van der Waals surface area contributed by atoms with Crippen LogP contribution >= 0.6 is 0 Å². The fourth-order valence-electron chi connectivity index (χ4n) is 2.32. The molecule has 5 nitrogen and oxygen atoms in total. The van der Waals surface area contributed by atoms with Crippen molar-refractivity contribution in [3.05, 3.63) is 60.2 Å². The molecule has 0 spiro atoms. The van der Waals surface area contributed by atoms with Gasteiger partial charge in [-0.05, 0) is 49.7 Å². The Bertz CT molecular complexity index is 772. The molecule has 2 N–H and O–H groups in total. The number of amides is 1. The maximum absolute atomic E-state index is 12.2. The molecule has 1 amide bonds. The van der Waals surface area contributed by atoms with E-state index in [-0.39, 0.29) is 16.8 Å². The number of sulfonamides is 1. The third-order valence-electron chi connectivity index (χ3n) is 3.55. The second-order valence-electron chi connectivity index (χ2n) is 5.66. The Morgan fingerprint density at radius 2 is 1.67 bits per heavy atom. The summed E-state index contributed by atoms with van der Waals surface area (Å²) in [5, 5.41) is 2.91. The van der Waals surface area contributed by atoms with Crippen molar-refractivity contribution >= 4 is 21.6 Å². The Kier molecular flexibility index (Phi) is 5.98. The summed E-state index contributed by atoms with van der Waals surface area (Å²) in [6, 6.07) is 14.6. The fourth-order valence-corrected chi connectivity index (χ4v) is 3.40. The molecule has 6 heteroatoms. The fraction of sp³-hybridized carbons (Fsp3) is 0.278. The Morgan fingerprint density at radius 3 is 2.25 bits per heavy atom. The van der Waals surface area contributed by atoms with Crippen molar-refractivity contribution in [3.8, 4) is 0 Å². The van der Waals surface area contributed by atoms with Gasteiger partial charge < -0.3 is 5.32 Å². The predicted molar refractivity (Wildman–Crippen MR) is 95.5 cm³/mol. The molecule has 2 aromatic carbocycles. The first-order valence-electron chi connectivity index (χ1n) is 7.91. The van der Waals surface area contributed by atoms with E-state index in [2.05, 4.69) is 17.0 Å². The summed E-state index contributed by atoms with van der Waals surface area (Å²) in [4.78, 5) is 12.3. The predicted octanol–water partition coefficient (Wildman–Crippen LogP) is 3.41. The summed E-state index contributed by atoms with van der Waals surface area (Å²) in [5.41, 5.74) is 0.914. The van der Waals surface area contributed by atoms with Gasteiger partial charge in [0.05, 0.1) is 4.90 Å². The van der Waals surface area contributed by atoms with Crippen molar-refractivity contribution < 1.29 is 13.2 Å². The van der Waals surface area contributed by atoms with Crippen LogP contribution in [0.3, 0.4) is 0 Å². The van der Waals surface area contributed by atoms with Crippen LogP contribution in [0.1, 0.15) is 37.0 Å². The number of rotatable bonds is 7. The van der Waals surface area contributed by atoms with Crippen LogP contribution in [0, 0.1) is 0 Å². The largest absolute Gasteiger partial charge is 0.350 e. The van der Waals surface area contributed by atoms with Crippen LogP contribution in [0.2, 0.25) is 0 Å². The summed E-state index contributed by atoms with van der Waals surface area (Å²) in [6.07, 6.45) is 1.92. The lowest BCUT2D eigenvalue weighted by Crippen LogP contribution is -2.32. The van der Waals surface area contributed by atoms with E-state index < -0.39 is 10.0 Å². The molecule has 0 saturated carbocycles. The van der Waals surface area contributed by atoms with Crippen molar-refractivity contribution in [3.63, 3.8) is 0 Å². The molecule has 0 aliphatic carbocycles. The van der Waals surface area contributed by atoms with Crippen molar-refractivity contribution in [1.82, 2.24) is 5.32 Å². The molecule has 2 aromatic rings. The third-order valence-corrected chi connectivity index (χ3v) is 4.95. The van der Waals surface area contributed by atoms with Gasteiger partial charge in [0.25, 0.3) is 15.9 Å². The Balaban J connectivity index is 2.06. The molecule has 0 aliphatic heterocycles. The molecule has 0 aliphatic rings. The average molecular weight is 346 g/mol. The van der Waals surface area contributed by atoms with Gasteiger partial charge in [-0.25, -0.2) is 8.42 Å². The van der Waals surface area contributed by atoms with E-state index in [1.807, 2.05) is 6.92 Å². The Morgan fingerprint density at radius 1 is 1.04 bits per heavy atom. The number of hydrogen-bond donors (Lipinski definition) is 2. The van der Waals surface area contributed by atoms with Crippen molar-refractivity contribution in [2.45, 2.75) is 37.6 Å². The van der Waals surface area contributed by atoms with Gasteiger partial charge in [0.15, 0.2) is 0 Å².